The van der Waals surface area contributed by atoms with Crippen molar-refractivity contribution >= 4 is 23.5 Å². The van der Waals surface area contributed by atoms with Crippen molar-refractivity contribution in [1.82, 2.24) is 0 Å². The van der Waals surface area contributed by atoms with Crippen LogP contribution in [0, 0.1) is 11.8 Å². The summed E-state index contributed by atoms with van der Waals surface area (Å²) in [6, 6.07) is 23.2. The van der Waals surface area contributed by atoms with E-state index in [0.717, 1.165) is 41.5 Å². The van der Waals surface area contributed by atoms with Crippen LogP contribution in [0.4, 0.5) is 5.69 Å². The van der Waals surface area contributed by atoms with E-state index in [1.807, 2.05) is 24.3 Å². The van der Waals surface area contributed by atoms with Gasteiger partial charge in [-0.1, -0.05) is 99.7 Å². The molecule has 0 aromatic heterocycles. The van der Waals surface area contributed by atoms with Gasteiger partial charge in [0, 0.05) is 11.8 Å². The number of benzene rings is 3. The zero-order valence-corrected chi connectivity index (χ0v) is 21.8. The maximum atomic E-state index is 14.1. The van der Waals surface area contributed by atoms with Crippen LogP contribution in [0.3, 0.4) is 0 Å². The molecular formula is C33H33NO4. The topological polar surface area (TPSA) is 63.7 Å². The molecule has 2 amide bonds. The third-order valence-electron chi connectivity index (χ3n) is 8.54. The number of ether oxygens (including phenoxy) is 1. The highest BCUT2D eigenvalue weighted by molar-refractivity contribution is 6.25. The van der Waals surface area contributed by atoms with Crippen molar-refractivity contribution in [2.75, 3.05) is 11.5 Å². The number of carbonyl (C=O) groups is 3. The van der Waals surface area contributed by atoms with Gasteiger partial charge in [-0.2, -0.15) is 0 Å². The molecule has 1 heterocycles. The third kappa shape index (κ3) is 3.87. The summed E-state index contributed by atoms with van der Waals surface area (Å²) in [5, 5.41) is 0. The number of carbonyl (C=O) groups excluding carboxylic acids is 3. The molecule has 0 N–H and O–H groups in total. The molecule has 0 saturated carbocycles. The lowest BCUT2D eigenvalue weighted by molar-refractivity contribution is -0.122. The van der Waals surface area contributed by atoms with Crippen molar-refractivity contribution < 1.29 is 19.1 Å². The summed E-state index contributed by atoms with van der Waals surface area (Å²) >= 11 is 0. The largest absolute Gasteiger partial charge is 0.462 e. The van der Waals surface area contributed by atoms with Crippen molar-refractivity contribution in [3.05, 3.63) is 101 Å². The lowest BCUT2D eigenvalue weighted by atomic mass is 9.55. The molecule has 3 aromatic rings. The first-order valence-corrected chi connectivity index (χ1v) is 13.9. The quantitative estimate of drug-likeness (QED) is 0.186. The average molecular weight is 508 g/mol. The molecule has 4 aliphatic rings. The Morgan fingerprint density at radius 1 is 0.684 bits per heavy atom. The van der Waals surface area contributed by atoms with Gasteiger partial charge in [0.1, 0.15) is 0 Å². The minimum atomic E-state index is -0.487. The molecule has 1 saturated heterocycles. The van der Waals surface area contributed by atoms with Crippen molar-refractivity contribution in [2.24, 2.45) is 11.8 Å². The van der Waals surface area contributed by atoms with Gasteiger partial charge < -0.3 is 4.74 Å². The van der Waals surface area contributed by atoms with E-state index in [4.69, 9.17) is 4.74 Å². The van der Waals surface area contributed by atoms with Crippen molar-refractivity contribution in [3.63, 3.8) is 0 Å². The Hall–Kier alpha value is -3.73. The van der Waals surface area contributed by atoms with Crippen molar-refractivity contribution in [2.45, 2.75) is 57.3 Å². The number of hydrogen-bond donors (Lipinski definition) is 0. The fourth-order valence-electron chi connectivity index (χ4n) is 6.88. The Kier molecular flexibility index (Phi) is 6.61. The molecule has 0 unspecified atom stereocenters. The van der Waals surface area contributed by atoms with E-state index in [-0.39, 0.29) is 29.2 Å². The highest BCUT2D eigenvalue weighted by Crippen LogP contribution is 2.61. The zero-order chi connectivity index (χ0) is 26.2. The number of imide groups is 1. The average Bonchev–Trinajstić information content (AvgIpc) is 3.22. The molecule has 194 valence electrons. The standard InChI is InChI=1S/C33H33NO4/c1-2-3-4-5-6-13-20-38-33(37)25-18-11-12-19-26(25)34-31(35)29-27-21-14-7-8-15-22(21)28(30(29)32(34)36)24-17-10-9-16-23(24)27/h7-12,14-19,27-30H,2-6,13,20H2,1H3/t27?,28?,29-,30-/m1/s1. The first kappa shape index (κ1) is 24.6. The van der Waals surface area contributed by atoms with Crippen LogP contribution in [-0.2, 0) is 14.3 Å². The van der Waals surface area contributed by atoms with E-state index in [0.29, 0.717) is 12.3 Å². The summed E-state index contributed by atoms with van der Waals surface area (Å²) in [4.78, 5) is 42.5. The zero-order valence-electron chi connectivity index (χ0n) is 21.8. The summed E-state index contributed by atoms with van der Waals surface area (Å²) in [5.74, 6) is -2.25. The van der Waals surface area contributed by atoms with Gasteiger partial charge in [0.2, 0.25) is 11.8 Å². The van der Waals surface area contributed by atoms with Crippen LogP contribution < -0.4 is 4.90 Å². The van der Waals surface area contributed by atoms with Crippen LogP contribution in [0.2, 0.25) is 0 Å². The number of nitrogens with zero attached hydrogens (tertiary/aromatic N) is 1. The Balaban J connectivity index is 1.28. The molecule has 1 aliphatic heterocycles. The number of para-hydroxylation sites is 1. The second kappa shape index (κ2) is 10.2. The summed E-state index contributed by atoms with van der Waals surface area (Å²) in [6.07, 6.45) is 6.58. The number of hydrogen-bond acceptors (Lipinski definition) is 4. The molecule has 2 bridgehead atoms. The molecule has 1 fully saturated rings. The van der Waals surface area contributed by atoms with E-state index < -0.39 is 17.8 Å². The van der Waals surface area contributed by atoms with E-state index >= 15 is 0 Å². The number of anilines is 1. The normalized spacial score (nSPS) is 22.7. The van der Waals surface area contributed by atoms with Crippen molar-refractivity contribution in [3.8, 4) is 0 Å². The van der Waals surface area contributed by atoms with Gasteiger partial charge in [-0.25, -0.2) is 9.69 Å². The van der Waals surface area contributed by atoms with E-state index in [2.05, 4.69) is 31.2 Å². The van der Waals surface area contributed by atoms with Gasteiger partial charge >= 0.3 is 5.97 Å². The number of amides is 2. The first-order chi connectivity index (χ1) is 18.6. The molecule has 5 nitrogen and oxygen atoms in total. The predicted molar refractivity (Wildman–Crippen MR) is 146 cm³/mol. The monoisotopic (exact) mass is 507 g/mol. The molecule has 38 heavy (non-hydrogen) atoms. The Bertz CT molecular complexity index is 1280. The molecule has 2 atom stereocenters. The minimum absolute atomic E-state index is 0.175. The van der Waals surface area contributed by atoms with E-state index in [1.165, 1.54) is 24.2 Å². The third-order valence-corrected chi connectivity index (χ3v) is 8.54. The maximum Gasteiger partial charge on any atom is 0.340 e. The molecule has 0 radical (unpaired) electrons. The Labute approximate surface area is 223 Å². The van der Waals surface area contributed by atoms with Crippen LogP contribution in [0.5, 0.6) is 0 Å². The number of esters is 1. The number of rotatable bonds is 9. The van der Waals surface area contributed by atoms with Gasteiger partial charge in [-0.05, 0) is 40.8 Å². The van der Waals surface area contributed by atoms with Gasteiger partial charge in [-0.15, -0.1) is 0 Å². The maximum absolute atomic E-state index is 14.1. The van der Waals surface area contributed by atoms with E-state index in [1.54, 1.807) is 24.3 Å². The van der Waals surface area contributed by atoms with Crippen LogP contribution in [0.25, 0.3) is 0 Å². The molecule has 3 aliphatic carbocycles. The highest BCUT2D eigenvalue weighted by Gasteiger charge is 2.62. The molecule has 3 aromatic carbocycles. The minimum Gasteiger partial charge on any atom is -0.462 e. The lowest BCUT2D eigenvalue weighted by Crippen LogP contribution is -2.41. The Morgan fingerprint density at radius 2 is 1.16 bits per heavy atom. The fourth-order valence-corrected chi connectivity index (χ4v) is 6.88. The second-order valence-corrected chi connectivity index (χ2v) is 10.7. The van der Waals surface area contributed by atoms with Crippen molar-refractivity contribution in [1.29, 1.82) is 0 Å². The lowest BCUT2D eigenvalue weighted by Gasteiger charge is -2.45. The van der Waals surface area contributed by atoms with Gasteiger partial charge in [-0.3, -0.25) is 9.59 Å². The SMILES string of the molecule is CCCCCCCCOC(=O)c1ccccc1N1C(=O)[C@@H]2C3c4ccccc4C(c4ccccc43)[C@H]2C1=O. The second-order valence-electron chi connectivity index (χ2n) is 10.7. The van der Waals surface area contributed by atoms with Crippen LogP contribution in [0.15, 0.2) is 72.8 Å². The molecule has 0 spiro atoms. The highest BCUT2D eigenvalue weighted by atomic mass is 16.5. The molecular weight excluding hydrogens is 474 g/mol. The van der Waals surface area contributed by atoms with Gasteiger partial charge in [0.05, 0.1) is 29.7 Å². The predicted octanol–water partition coefficient (Wildman–Crippen LogP) is 6.60. The summed E-state index contributed by atoms with van der Waals surface area (Å²) in [6.45, 7) is 2.52. The fraction of sp³-hybridized carbons (Fsp3) is 0.364. The smallest absolute Gasteiger partial charge is 0.340 e. The summed E-state index contributed by atoms with van der Waals surface area (Å²) in [5.41, 5.74) is 5.12. The molecule has 5 heteroatoms. The van der Waals surface area contributed by atoms with Gasteiger partial charge in [0.25, 0.3) is 0 Å². The van der Waals surface area contributed by atoms with Crippen LogP contribution in [-0.4, -0.2) is 24.4 Å². The molecule has 7 rings (SSSR count). The van der Waals surface area contributed by atoms with Crippen LogP contribution >= 0.6 is 0 Å². The summed E-state index contributed by atoms with van der Waals surface area (Å²) < 4.78 is 5.59. The van der Waals surface area contributed by atoms with Crippen LogP contribution in [0.1, 0.15) is 89.9 Å². The Morgan fingerprint density at radius 3 is 1.71 bits per heavy atom. The first-order valence-electron chi connectivity index (χ1n) is 13.9. The van der Waals surface area contributed by atoms with E-state index in [9.17, 15) is 14.4 Å². The number of unbranched alkanes of at least 4 members (excludes halogenated alkanes) is 5. The van der Waals surface area contributed by atoms with Gasteiger partial charge in [0.15, 0.2) is 0 Å². The summed E-state index contributed by atoms with van der Waals surface area (Å²) in [7, 11) is 0.